The van der Waals surface area contributed by atoms with Crippen molar-refractivity contribution in [3.63, 3.8) is 0 Å². The van der Waals surface area contributed by atoms with Crippen LogP contribution in [0.4, 0.5) is 5.69 Å². The Morgan fingerprint density at radius 1 is 1.00 bits per heavy atom. The predicted molar refractivity (Wildman–Crippen MR) is 110 cm³/mol. The summed E-state index contributed by atoms with van der Waals surface area (Å²) < 4.78 is 13.1. The van der Waals surface area contributed by atoms with Crippen LogP contribution in [0.15, 0.2) is 72.9 Å². The van der Waals surface area contributed by atoms with E-state index in [0.29, 0.717) is 11.5 Å². The number of halogens is 1. The smallest absolute Gasteiger partial charge is 0.262 e. The summed E-state index contributed by atoms with van der Waals surface area (Å²) in [6.45, 7) is -0.0969. The average Bonchev–Trinajstić information content (AvgIpc) is 2.72. The number of anilines is 1. The van der Waals surface area contributed by atoms with Crippen molar-refractivity contribution in [2.75, 3.05) is 19.0 Å². The maximum atomic E-state index is 12.1. The lowest BCUT2D eigenvalue weighted by Gasteiger charge is -2.11. The lowest BCUT2D eigenvalue weighted by molar-refractivity contribution is -0.673. The molecule has 1 N–H and O–H groups in total. The molecule has 0 aliphatic carbocycles. The molecule has 0 aliphatic heterocycles. The lowest BCUT2D eigenvalue weighted by atomic mass is 10.1. The number of aryl methyl sites for hydroxylation is 1. The van der Waals surface area contributed by atoms with E-state index >= 15 is 0 Å². The highest BCUT2D eigenvalue weighted by molar-refractivity contribution is 5.91. The van der Waals surface area contributed by atoms with Crippen LogP contribution in [-0.2, 0) is 11.8 Å². The number of para-hydroxylation sites is 1. The molecule has 2 aromatic carbocycles. The minimum atomic E-state index is -0.228. The summed E-state index contributed by atoms with van der Waals surface area (Å²) in [5.74, 6) is 0.869. The van der Waals surface area contributed by atoms with Gasteiger partial charge in [0.15, 0.2) is 24.3 Å². The first-order valence-electron chi connectivity index (χ1n) is 8.94. The van der Waals surface area contributed by atoms with Gasteiger partial charge in [-0.25, -0.2) is 4.57 Å². The van der Waals surface area contributed by atoms with Crippen molar-refractivity contribution in [1.29, 1.82) is 0 Å². The first-order chi connectivity index (χ1) is 13.7. The molecule has 3 rings (SSSR count). The van der Waals surface area contributed by atoms with Crippen LogP contribution in [0.3, 0.4) is 0 Å². The van der Waals surface area contributed by atoms with Crippen molar-refractivity contribution >= 4 is 23.7 Å². The standard InChI is InChI=1S/C23H22N2O3.HI/c1-25-15-7-6-10-20(25)13-11-18-12-14-21(22(16-18)27-2)28-17-23(26)24-19-8-4-3-5-9-19;/h3-16H,17H2,1-2H3;1H/b13-11+;. The van der Waals surface area contributed by atoms with Gasteiger partial charge in [0.25, 0.3) is 5.91 Å². The molecule has 0 unspecified atom stereocenters. The summed E-state index contributed by atoms with van der Waals surface area (Å²) in [6, 6.07) is 20.9. The van der Waals surface area contributed by atoms with Gasteiger partial charge >= 0.3 is 0 Å². The minimum absolute atomic E-state index is 0. The largest absolute Gasteiger partial charge is 1.00 e. The quantitative estimate of drug-likeness (QED) is 0.383. The SMILES string of the molecule is COc1cc(/C=C/c2cccc[n+]2C)ccc1OCC(=O)Nc1ccccc1.[I-]. The average molecular weight is 502 g/mol. The molecule has 29 heavy (non-hydrogen) atoms. The fourth-order valence-corrected chi connectivity index (χ4v) is 2.66. The number of nitrogens with one attached hydrogen (secondary N) is 1. The van der Waals surface area contributed by atoms with Crippen molar-refractivity contribution < 1.29 is 42.8 Å². The molecule has 1 aromatic heterocycles. The Bertz CT molecular complexity index is 975. The Hall–Kier alpha value is -2.87. The van der Waals surface area contributed by atoms with Gasteiger partial charge in [0.1, 0.15) is 7.05 Å². The van der Waals surface area contributed by atoms with Gasteiger partial charge in [0, 0.05) is 23.9 Å². The number of rotatable bonds is 7. The topological polar surface area (TPSA) is 51.4 Å². The number of amides is 1. The van der Waals surface area contributed by atoms with E-state index in [4.69, 9.17) is 9.47 Å². The highest BCUT2D eigenvalue weighted by atomic mass is 127. The van der Waals surface area contributed by atoms with Crippen LogP contribution < -0.4 is 43.3 Å². The maximum Gasteiger partial charge on any atom is 0.262 e. The molecule has 0 atom stereocenters. The third-order valence-corrected chi connectivity index (χ3v) is 4.15. The van der Waals surface area contributed by atoms with Crippen molar-refractivity contribution in [3.8, 4) is 11.5 Å². The predicted octanol–water partition coefficient (Wildman–Crippen LogP) is 0.712. The maximum absolute atomic E-state index is 12.1. The number of pyridine rings is 1. The van der Waals surface area contributed by atoms with E-state index in [1.807, 2.05) is 90.6 Å². The first-order valence-corrected chi connectivity index (χ1v) is 8.94. The van der Waals surface area contributed by atoms with Gasteiger partial charge < -0.3 is 38.8 Å². The van der Waals surface area contributed by atoms with Crippen molar-refractivity contribution in [2.45, 2.75) is 0 Å². The monoisotopic (exact) mass is 502 g/mol. The van der Waals surface area contributed by atoms with Crippen LogP contribution >= 0.6 is 0 Å². The zero-order valence-corrected chi connectivity index (χ0v) is 18.5. The van der Waals surface area contributed by atoms with Gasteiger partial charge in [-0.2, -0.15) is 0 Å². The van der Waals surface area contributed by atoms with E-state index in [0.717, 1.165) is 16.9 Å². The summed E-state index contributed by atoms with van der Waals surface area (Å²) in [4.78, 5) is 12.1. The molecule has 1 amide bonds. The fraction of sp³-hybridized carbons (Fsp3) is 0.130. The zero-order chi connectivity index (χ0) is 19.8. The van der Waals surface area contributed by atoms with Crippen molar-refractivity contribution in [2.24, 2.45) is 7.05 Å². The van der Waals surface area contributed by atoms with Gasteiger partial charge in [-0.05, 0) is 42.0 Å². The summed E-state index contributed by atoms with van der Waals surface area (Å²) in [7, 11) is 3.58. The van der Waals surface area contributed by atoms with Crippen LogP contribution in [0.1, 0.15) is 11.3 Å². The molecule has 0 radical (unpaired) electrons. The van der Waals surface area contributed by atoms with E-state index in [1.54, 1.807) is 13.2 Å². The molecule has 3 aromatic rings. The Balaban J connectivity index is 0.00000300. The van der Waals surface area contributed by atoms with Crippen molar-refractivity contribution in [3.05, 3.63) is 84.2 Å². The fourth-order valence-electron chi connectivity index (χ4n) is 2.66. The van der Waals surface area contributed by atoms with Crippen molar-refractivity contribution in [1.82, 2.24) is 0 Å². The molecule has 150 valence electrons. The van der Waals surface area contributed by atoms with Gasteiger partial charge in [-0.15, -0.1) is 0 Å². The lowest BCUT2D eigenvalue weighted by Crippen LogP contribution is -3.00. The molecule has 0 aliphatic rings. The van der Waals surface area contributed by atoms with Crippen LogP contribution in [0.5, 0.6) is 11.5 Å². The molecule has 1 heterocycles. The molecular weight excluding hydrogens is 479 g/mol. The number of aromatic nitrogens is 1. The Labute approximate surface area is 188 Å². The molecule has 0 fully saturated rings. The number of methoxy groups -OCH3 is 1. The third-order valence-electron chi connectivity index (χ3n) is 4.15. The highest BCUT2D eigenvalue weighted by Crippen LogP contribution is 2.28. The summed E-state index contributed by atoms with van der Waals surface area (Å²) in [5.41, 5.74) is 2.79. The molecule has 0 saturated heterocycles. The van der Waals surface area contributed by atoms with E-state index in [1.165, 1.54) is 0 Å². The van der Waals surface area contributed by atoms with Gasteiger partial charge in [-0.3, -0.25) is 4.79 Å². The van der Waals surface area contributed by atoms with E-state index in [-0.39, 0.29) is 36.5 Å². The zero-order valence-electron chi connectivity index (χ0n) is 16.3. The molecular formula is C23H23IN2O3. The number of carbonyl (C=O) groups excluding carboxylic acids is 1. The Morgan fingerprint density at radius 3 is 2.48 bits per heavy atom. The van der Waals surface area contributed by atoms with Crippen LogP contribution in [-0.4, -0.2) is 19.6 Å². The number of hydrogen-bond donors (Lipinski definition) is 1. The van der Waals surface area contributed by atoms with Gasteiger partial charge in [0.05, 0.1) is 7.11 Å². The van der Waals surface area contributed by atoms with Gasteiger partial charge in [-0.1, -0.05) is 24.3 Å². The summed E-state index contributed by atoms with van der Waals surface area (Å²) in [6.07, 6.45) is 6.03. The number of hydrogen-bond acceptors (Lipinski definition) is 3. The molecule has 0 spiro atoms. The normalized spacial score (nSPS) is 10.3. The third kappa shape index (κ3) is 6.60. The molecule has 0 bridgehead atoms. The molecule has 5 nitrogen and oxygen atoms in total. The highest BCUT2D eigenvalue weighted by Gasteiger charge is 2.09. The van der Waals surface area contributed by atoms with Gasteiger partial charge in [0.2, 0.25) is 5.69 Å². The number of ether oxygens (including phenoxy) is 2. The van der Waals surface area contributed by atoms with Crippen LogP contribution in [0, 0.1) is 0 Å². The summed E-state index contributed by atoms with van der Waals surface area (Å²) in [5, 5.41) is 2.79. The Kier molecular flexibility index (Phi) is 8.67. The second-order valence-electron chi connectivity index (χ2n) is 6.18. The second kappa shape index (κ2) is 11.2. The molecule has 6 heteroatoms. The minimum Gasteiger partial charge on any atom is -1.00 e. The first kappa shape index (κ1) is 22.4. The van der Waals surface area contributed by atoms with Crippen LogP contribution in [0.2, 0.25) is 0 Å². The summed E-state index contributed by atoms with van der Waals surface area (Å²) >= 11 is 0. The number of carbonyl (C=O) groups is 1. The number of benzene rings is 2. The van der Waals surface area contributed by atoms with E-state index < -0.39 is 0 Å². The van der Waals surface area contributed by atoms with E-state index in [2.05, 4.69) is 5.32 Å². The molecule has 0 saturated carbocycles. The van der Waals surface area contributed by atoms with Crippen LogP contribution in [0.25, 0.3) is 12.2 Å². The number of nitrogens with zero attached hydrogens (tertiary/aromatic N) is 1. The van der Waals surface area contributed by atoms with E-state index in [9.17, 15) is 4.79 Å². The second-order valence-corrected chi connectivity index (χ2v) is 6.18. The Morgan fingerprint density at radius 2 is 1.76 bits per heavy atom.